The van der Waals surface area contributed by atoms with Gasteiger partial charge in [-0.25, -0.2) is 0 Å². The first-order chi connectivity index (χ1) is 5.37. The summed E-state index contributed by atoms with van der Waals surface area (Å²) in [6, 6.07) is 0.532. The van der Waals surface area contributed by atoms with Crippen LogP contribution in [-0.2, 0) is 0 Å². The van der Waals surface area contributed by atoms with Crippen molar-refractivity contribution in [3.63, 3.8) is 0 Å². The van der Waals surface area contributed by atoms with Gasteiger partial charge in [0.2, 0.25) is 0 Å². The van der Waals surface area contributed by atoms with E-state index >= 15 is 0 Å². The van der Waals surface area contributed by atoms with Crippen LogP contribution in [0.5, 0.6) is 0 Å². The van der Waals surface area contributed by atoms with Gasteiger partial charge in [-0.3, -0.25) is 14.4 Å². The first-order valence-corrected chi connectivity index (χ1v) is 4.32. The van der Waals surface area contributed by atoms with Crippen LogP contribution in [0.3, 0.4) is 0 Å². The molecule has 3 heteroatoms. The first-order valence-electron chi connectivity index (χ1n) is 4.32. The maximum absolute atomic E-state index is 2.25. The van der Waals surface area contributed by atoms with Gasteiger partial charge in [0.1, 0.15) is 0 Å². The Morgan fingerprint density at radius 2 is 1.33 bits per heavy atom. The Kier molecular flexibility index (Phi) is 4.07. The molecular formula is C9H22N3+. The Labute approximate surface area is 76.3 Å². The average molecular weight is 172 g/mol. The van der Waals surface area contributed by atoms with Crippen molar-refractivity contribution in [1.29, 1.82) is 0 Å². The molecule has 0 rings (SSSR count). The molecule has 0 amide bonds. The van der Waals surface area contributed by atoms with E-state index < -0.39 is 0 Å². The van der Waals surface area contributed by atoms with Gasteiger partial charge >= 0.3 is 5.96 Å². The molecule has 0 aliphatic heterocycles. The molecule has 0 heterocycles. The summed E-state index contributed by atoms with van der Waals surface area (Å²) in [5.74, 6) is 1.23. The van der Waals surface area contributed by atoms with Gasteiger partial charge in [-0.2, -0.15) is 0 Å². The Balaban J connectivity index is 4.81. The topological polar surface area (TPSA) is 9.49 Å². The van der Waals surface area contributed by atoms with Crippen LogP contribution in [0.4, 0.5) is 0 Å². The molecule has 0 saturated heterocycles. The summed E-state index contributed by atoms with van der Waals surface area (Å²) in [6.07, 6.45) is 0. The van der Waals surface area contributed by atoms with E-state index in [2.05, 4.69) is 63.5 Å². The molecule has 0 aliphatic carbocycles. The minimum Gasteiger partial charge on any atom is -0.270 e. The molecule has 0 radical (unpaired) electrons. The first kappa shape index (κ1) is 11.3. The molecule has 0 aromatic rings. The fraction of sp³-hybridized carbons (Fsp3) is 0.889. The van der Waals surface area contributed by atoms with E-state index in [1.807, 2.05) is 0 Å². The van der Waals surface area contributed by atoms with Gasteiger partial charge in [0, 0.05) is 0 Å². The van der Waals surface area contributed by atoms with Gasteiger partial charge < -0.3 is 0 Å². The molecule has 0 aromatic heterocycles. The van der Waals surface area contributed by atoms with Gasteiger partial charge in [-0.1, -0.05) is 0 Å². The van der Waals surface area contributed by atoms with Gasteiger partial charge in [0.25, 0.3) is 0 Å². The van der Waals surface area contributed by atoms with Crippen LogP contribution in [0.15, 0.2) is 0 Å². The van der Waals surface area contributed by atoms with Crippen molar-refractivity contribution < 1.29 is 4.58 Å². The predicted molar refractivity (Wildman–Crippen MR) is 53.7 cm³/mol. The summed E-state index contributed by atoms with van der Waals surface area (Å²) >= 11 is 0. The molecule has 0 fully saturated rings. The zero-order valence-corrected chi connectivity index (χ0v) is 9.42. The van der Waals surface area contributed by atoms with E-state index in [1.54, 1.807) is 0 Å². The van der Waals surface area contributed by atoms with Gasteiger partial charge in [-0.05, 0) is 13.8 Å². The molecule has 0 aromatic carbocycles. The summed E-state index contributed by atoms with van der Waals surface area (Å²) in [5.41, 5.74) is 0. The van der Waals surface area contributed by atoms with Crippen molar-refractivity contribution >= 4 is 5.96 Å². The largest absolute Gasteiger partial charge is 0.349 e. The Morgan fingerprint density at radius 1 is 1.00 bits per heavy atom. The third kappa shape index (κ3) is 2.72. The molecular weight excluding hydrogens is 150 g/mol. The molecule has 0 N–H and O–H groups in total. The Morgan fingerprint density at radius 3 is 1.42 bits per heavy atom. The number of hydrogen-bond donors (Lipinski definition) is 0. The molecule has 0 unspecified atom stereocenters. The van der Waals surface area contributed by atoms with E-state index in [4.69, 9.17) is 0 Å². The van der Waals surface area contributed by atoms with E-state index in [1.165, 1.54) is 5.96 Å². The minimum absolute atomic E-state index is 0.532. The molecule has 72 valence electrons. The monoisotopic (exact) mass is 172 g/mol. The summed E-state index contributed by atoms with van der Waals surface area (Å²) < 4.78 is 2.25. The molecule has 0 spiro atoms. The second kappa shape index (κ2) is 4.33. The van der Waals surface area contributed by atoms with Crippen LogP contribution in [0.2, 0.25) is 0 Å². The lowest BCUT2D eigenvalue weighted by Crippen LogP contribution is -2.43. The predicted octanol–water partition coefficient (Wildman–Crippen LogP) is 0.516. The highest BCUT2D eigenvalue weighted by atomic mass is 15.4. The Hall–Kier alpha value is -0.730. The summed E-state index contributed by atoms with van der Waals surface area (Å²) in [6.45, 7) is 4.38. The second-order valence-corrected chi connectivity index (χ2v) is 3.79. The molecule has 3 nitrogen and oxygen atoms in total. The zero-order chi connectivity index (χ0) is 9.89. The molecule has 0 atom stereocenters. The standard InChI is InChI=1S/C9H22N3/c1-8(2)12(7)9(10(3)4)11(5)6/h8H,1-7H3/q+1. The van der Waals surface area contributed by atoms with Crippen molar-refractivity contribution in [2.45, 2.75) is 19.9 Å². The van der Waals surface area contributed by atoms with Gasteiger partial charge in [0.15, 0.2) is 0 Å². The number of guanidine groups is 1. The molecule has 0 aliphatic rings. The lowest BCUT2D eigenvalue weighted by molar-refractivity contribution is -0.539. The number of nitrogens with zero attached hydrogens (tertiary/aromatic N) is 3. The highest BCUT2D eigenvalue weighted by Gasteiger charge is 2.16. The summed E-state index contributed by atoms with van der Waals surface area (Å²) in [5, 5.41) is 0. The maximum Gasteiger partial charge on any atom is 0.349 e. The Bertz CT molecular complexity index is 159. The van der Waals surface area contributed by atoms with Crippen LogP contribution in [0, 0.1) is 0 Å². The number of hydrogen-bond acceptors (Lipinski definition) is 0. The molecule has 12 heavy (non-hydrogen) atoms. The third-order valence-electron chi connectivity index (χ3n) is 1.89. The summed E-state index contributed by atoms with van der Waals surface area (Å²) in [7, 11) is 10.4. The highest BCUT2D eigenvalue weighted by Crippen LogP contribution is 1.92. The van der Waals surface area contributed by atoms with Crippen molar-refractivity contribution in [3.05, 3.63) is 0 Å². The minimum atomic E-state index is 0.532. The maximum atomic E-state index is 2.25. The highest BCUT2D eigenvalue weighted by molar-refractivity contribution is 5.74. The fourth-order valence-corrected chi connectivity index (χ4v) is 1.26. The normalized spacial score (nSPS) is 10.0. The van der Waals surface area contributed by atoms with Crippen LogP contribution >= 0.6 is 0 Å². The summed E-state index contributed by atoms with van der Waals surface area (Å²) in [4.78, 5) is 4.25. The van der Waals surface area contributed by atoms with Crippen molar-refractivity contribution in [2.24, 2.45) is 0 Å². The third-order valence-corrected chi connectivity index (χ3v) is 1.89. The van der Waals surface area contributed by atoms with Crippen LogP contribution in [0.25, 0.3) is 0 Å². The zero-order valence-electron chi connectivity index (χ0n) is 9.42. The van der Waals surface area contributed by atoms with Crippen LogP contribution < -0.4 is 0 Å². The fourth-order valence-electron chi connectivity index (χ4n) is 1.26. The average Bonchev–Trinajstić information content (AvgIpc) is 1.85. The molecule has 0 saturated carbocycles. The quantitative estimate of drug-likeness (QED) is 0.324. The van der Waals surface area contributed by atoms with Crippen molar-refractivity contribution in [3.8, 4) is 0 Å². The van der Waals surface area contributed by atoms with E-state index in [9.17, 15) is 0 Å². The number of rotatable bonds is 1. The van der Waals surface area contributed by atoms with E-state index in [-0.39, 0.29) is 0 Å². The van der Waals surface area contributed by atoms with Crippen LogP contribution in [-0.4, -0.2) is 61.6 Å². The van der Waals surface area contributed by atoms with Crippen LogP contribution in [0.1, 0.15) is 13.8 Å². The van der Waals surface area contributed by atoms with Crippen molar-refractivity contribution in [2.75, 3.05) is 35.2 Å². The van der Waals surface area contributed by atoms with Gasteiger partial charge in [-0.15, -0.1) is 0 Å². The lowest BCUT2D eigenvalue weighted by atomic mass is 10.4. The smallest absolute Gasteiger partial charge is 0.270 e. The van der Waals surface area contributed by atoms with Gasteiger partial charge in [0.05, 0.1) is 41.3 Å². The van der Waals surface area contributed by atoms with Crippen molar-refractivity contribution in [1.82, 2.24) is 9.80 Å². The lowest BCUT2D eigenvalue weighted by Gasteiger charge is -2.21. The SMILES string of the molecule is CC(C)[N+](C)=C(N(C)C)N(C)C. The second-order valence-electron chi connectivity index (χ2n) is 3.79. The van der Waals surface area contributed by atoms with E-state index in [0.29, 0.717) is 6.04 Å². The molecule has 0 bridgehead atoms. The van der Waals surface area contributed by atoms with E-state index in [0.717, 1.165) is 0 Å².